The number of benzene rings is 2. The first-order valence-corrected chi connectivity index (χ1v) is 12.3. The van der Waals surface area contributed by atoms with Gasteiger partial charge in [-0.2, -0.15) is 0 Å². The van der Waals surface area contributed by atoms with E-state index in [0.717, 1.165) is 17.0 Å². The molecule has 1 atom stereocenters. The maximum atomic E-state index is 13.7. The minimum Gasteiger partial charge on any atom is -0.507 e. The number of halogens is 1. The van der Waals surface area contributed by atoms with Gasteiger partial charge in [-0.15, -0.1) is 0 Å². The molecule has 1 aromatic heterocycles. The molecule has 36 heavy (non-hydrogen) atoms. The van der Waals surface area contributed by atoms with E-state index in [-0.39, 0.29) is 17.1 Å². The average molecular weight is 496 g/mol. The van der Waals surface area contributed by atoms with Gasteiger partial charge < -0.3 is 24.0 Å². The van der Waals surface area contributed by atoms with Gasteiger partial charge in [-0.25, -0.2) is 4.39 Å². The van der Waals surface area contributed by atoms with Gasteiger partial charge in [0.05, 0.1) is 24.8 Å². The quantitative estimate of drug-likeness (QED) is 0.485. The molecule has 8 heteroatoms. The van der Waals surface area contributed by atoms with Gasteiger partial charge in [0.2, 0.25) is 0 Å². The van der Waals surface area contributed by atoms with Crippen LogP contribution in [-0.4, -0.2) is 61.1 Å². The molecular formula is C28H34FN3O4. The minimum absolute atomic E-state index is 0.00832. The fourth-order valence-corrected chi connectivity index (χ4v) is 4.85. The Balaban J connectivity index is 1.70. The van der Waals surface area contributed by atoms with E-state index in [1.54, 1.807) is 29.9 Å². The molecule has 192 valence electrons. The van der Waals surface area contributed by atoms with Crippen LogP contribution in [0.25, 0.3) is 0 Å². The van der Waals surface area contributed by atoms with Gasteiger partial charge in [-0.05, 0) is 61.9 Å². The Labute approximate surface area is 211 Å². The molecule has 0 radical (unpaired) electrons. The summed E-state index contributed by atoms with van der Waals surface area (Å²) in [6.07, 6.45) is 0. The van der Waals surface area contributed by atoms with Crippen molar-refractivity contribution in [1.29, 1.82) is 0 Å². The fraction of sp³-hybridized carbons (Fsp3) is 0.393. The number of aromatic hydroxyl groups is 1. The van der Waals surface area contributed by atoms with E-state index >= 15 is 0 Å². The van der Waals surface area contributed by atoms with E-state index in [4.69, 9.17) is 9.47 Å². The smallest absolute Gasteiger partial charge is 0.259 e. The number of ether oxygens (including phenoxy) is 2. The summed E-state index contributed by atoms with van der Waals surface area (Å²) in [5.41, 5.74) is 2.70. The van der Waals surface area contributed by atoms with Gasteiger partial charge >= 0.3 is 0 Å². The van der Waals surface area contributed by atoms with E-state index < -0.39 is 6.04 Å². The molecule has 1 saturated heterocycles. The van der Waals surface area contributed by atoms with Crippen molar-refractivity contribution in [3.8, 4) is 11.5 Å². The topological polar surface area (TPSA) is 67.2 Å². The van der Waals surface area contributed by atoms with Crippen molar-refractivity contribution in [3.05, 3.63) is 87.6 Å². The minimum atomic E-state index is -0.432. The van der Waals surface area contributed by atoms with Gasteiger partial charge in [0.25, 0.3) is 5.56 Å². The van der Waals surface area contributed by atoms with Crippen LogP contribution in [0.1, 0.15) is 29.8 Å². The van der Waals surface area contributed by atoms with Crippen molar-refractivity contribution >= 4 is 5.69 Å². The zero-order valence-electron chi connectivity index (χ0n) is 21.1. The first kappa shape index (κ1) is 25.7. The maximum absolute atomic E-state index is 13.7. The predicted octanol–water partition coefficient (Wildman–Crippen LogP) is 3.96. The first-order valence-electron chi connectivity index (χ1n) is 12.3. The van der Waals surface area contributed by atoms with Gasteiger partial charge in [0.15, 0.2) is 0 Å². The van der Waals surface area contributed by atoms with E-state index in [1.165, 1.54) is 12.1 Å². The molecule has 0 saturated carbocycles. The molecule has 1 aliphatic heterocycles. The van der Waals surface area contributed by atoms with Crippen LogP contribution in [-0.2, 0) is 11.3 Å². The third-order valence-corrected chi connectivity index (χ3v) is 6.69. The van der Waals surface area contributed by atoms with E-state index in [1.807, 2.05) is 38.1 Å². The monoisotopic (exact) mass is 495 g/mol. The number of aryl methyl sites for hydroxylation is 1. The van der Waals surface area contributed by atoms with Crippen molar-refractivity contribution in [2.45, 2.75) is 26.4 Å². The lowest BCUT2D eigenvalue weighted by Crippen LogP contribution is -2.49. The Bertz CT molecular complexity index is 1200. The maximum Gasteiger partial charge on any atom is 0.259 e. The number of aromatic nitrogens is 1. The number of piperazine rings is 1. The highest BCUT2D eigenvalue weighted by atomic mass is 19.1. The van der Waals surface area contributed by atoms with E-state index in [9.17, 15) is 14.3 Å². The van der Waals surface area contributed by atoms with Crippen LogP contribution in [0.15, 0.2) is 59.4 Å². The number of rotatable bonds is 9. The standard InChI is InChI=1S/C28H34FN3O4/c1-4-36-24-11-5-21(6-12-24)27(26-25(33)19-20(2)32(28(26)34)17-18-35-3)31-15-13-30(14-16-31)23-9-7-22(29)8-10-23/h5-12,19,27,33H,4,13-18H2,1-3H3/t27-/m0/s1. The summed E-state index contributed by atoms with van der Waals surface area (Å²) in [5.74, 6) is 0.491. The lowest BCUT2D eigenvalue weighted by molar-refractivity contribution is 0.183. The molecule has 2 aromatic carbocycles. The molecule has 7 nitrogen and oxygen atoms in total. The second-order valence-electron chi connectivity index (χ2n) is 8.94. The second-order valence-corrected chi connectivity index (χ2v) is 8.94. The molecule has 1 aliphatic rings. The molecular weight excluding hydrogens is 461 g/mol. The highest BCUT2D eigenvalue weighted by molar-refractivity contribution is 5.47. The summed E-state index contributed by atoms with van der Waals surface area (Å²) in [4.78, 5) is 18.1. The molecule has 1 N–H and O–H groups in total. The zero-order valence-corrected chi connectivity index (χ0v) is 21.1. The number of hydrogen-bond donors (Lipinski definition) is 1. The molecule has 3 aromatic rings. The van der Waals surface area contributed by atoms with Crippen LogP contribution < -0.4 is 15.2 Å². The van der Waals surface area contributed by atoms with Crippen molar-refractivity contribution in [1.82, 2.24) is 9.47 Å². The lowest BCUT2D eigenvalue weighted by atomic mass is 9.95. The van der Waals surface area contributed by atoms with Crippen LogP contribution in [0.4, 0.5) is 10.1 Å². The number of anilines is 1. The Kier molecular flexibility index (Phi) is 8.28. The molecule has 0 spiro atoms. The van der Waals surface area contributed by atoms with Crippen LogP contribution in [0, 0.1) is 12.7 Å². The van der Waals surface area contributed by atoms with Gasteiger partial charge in [0.1, 0.15) is 17.3 Å². The Morgan fingerprint density at radius 3 is 2.31 bits per heavy atom. The summed E-state index contributed by atoms with van der Waals surface area (Å²) < 4.78 is 25.9. The molecule has 1 fully saturated rings. The number of nitrogens with zero attached hydrogens (tertiary/aromatic N) is 3. The third-order valence-electron chi connectivity index (χ3n) is 6.69. The molecule has 0 unspecified atom stereocenters. The van der Waals surface area contributed by atoms with Gasteiger partial charge in [-0.3, -0.25) is 9.69 Å². The SMILES string of the molecule is CCOc1ccc([C@@H](c2c(O)cc(C)n(CCOC)c2=O)N2CCN(c3ccc(F)cc3)CC2)cc1. The number of methoxy groups -OCH3 is 1. The highest BCUT2D eigenvalue weighted by Gasteiger charge is 2.31. The molecule has 0 bridgehead atoms. The van der Waals surface area contributed by atoms with E-state index in [0.29, 0.717) is 57.2 Å². The molecule has 4 rings (SSSR count). The van der Waals surface area contributed by atoms with Crippen molar-refractivity contribution in [2.24, 2.45) is 0 Å². The number of pyridine rings is 1. The Morgan fingerprint density at radius 2 is 1.69 bits per heavy atom. The molecule has 0 amide bonds. The van der Waals surface area contributed by atoms with Gasteiger partial charge in [0, 0.05) is 51.2 Å². The fourth-order valence-electron chi connectivity index (χ4n) is 4.85. The zero-order chi connectivity index (χ0) is 25.7. The van der Waals surface area contributed by atoms with Crippen molar-refractivity contribution < 1.29 is 19.0 Å². The summed E-state index contributed by atoms with van der Waals surface area (Å²) in [6, 6.07) is 15.4. The van der Waals surface area contributed by atoms with Crippen molar-refractivity contribution in [2.75, 3.05) is 51.4 Å². The van der Waals surface area contributed by atoms with Crippen LogP contribution in [0.3, 0.4) is 0 Å². The summed E-state index contributed by atoms with van der Waals surface area (Å²) in [7, 11) is 1.60. The summed E-state index contributed by atoms with van der Waals surface area (Å²) in [6.45, 7) is 7.88. The first-order chi connectivity index (χ1) is 17.4. The average Bonchev–Trinajstić information content (AvgIpc) is 2.88. The van der Waals surface area contributed by atoms with Crippen LogP contribution in [0.2, 0.25) is 0 Å². The second kappa shape index (κ2) is 11.6. The predicted molar refractivity (Wildman–Crippen MR) is 139 cm³/mol. The molecule has 0 aliphatic carbocycles. The van der Waals surface area contributed by atoms with Crippen molar-refractivity contribution in [3.63, 3.8) is 0 Å². The Hall–Kier alpha value is -3.36. The lowest BCUT2D eigenvalue weighted by Gasteiger charge is -2.40. The Morgan fingerprint density at radius 1 is 1.03 bits per heavy atom. The largest absolute Gasteiger partial charge is 0.507 e. The van der Waals surface area contributed by atoms with Gasteiger partial charge in [-0.1, -0.05) is 12.1 Å². The van der Waals surface area contributed by atoms with Crippen LogP contribution >= 0.6 is 0 Å². The van der Waals surface area contributed by atoms with E-state index in [2.05, 4.69) is 9.80 Å². The van der Waals surface area contributed by atoms with Crippen LogP contribution in [0.5, 0.6) is 11.5 Å². The summed E-state index contributed by atoms with van der Waals surface area (Å²) in [5, 5.41) is 11.0. The summed E-state index contributed by atoms with van der Waals surface area (Å²) >= 11 is 0. The number of hydrogen-bond acceptors (Lipinski definition) is 6. The highest BCUT2D eigenvalue weighted by Crippen LogP contribution is 2.34. The molecule has 2 heterocycles. The third kappa shape index (κ3) is 5.55. The normalized spacial score (nSPS) is 15.2.